The van der Waals surface area contributed by atoms with Crippen molar-refractivity contribution < 1.29 is 14.3 Å². The Kier molecular flexibility index (Phi) is 10.5. The second kappa shape index (κ2) is 11.8. The molecule has 0 radical (unpaired) electrons. The molecule has 0 aliphatic heterocycles. The lowest BCUT2D eigenvalue weighted by atomic mass is 9.99. The van der Waals surface area contributed by atoms with Crippen LogP contribution in [0.4, 0.5) is 0 Å². The first-order valence-corrected chi connectivity index (χ1v) is 10.6. The molecule has 0 aromatic heterocycles. The number of thioether (sulfide) groups is 1. The molecule has 1 saturated carbocycles. The molecule has 1 aliphatic carbocycles. The number of hydrogen-bond acceptors (Lipinski definition) is 6. The van der Waals surface area contributed by atoms with E-state index >= 15 is 0 Å². The minimum absolute atomic E-state index is 0.0597. The van der Waals surface area contributed by atoms with E-state index < -0.39 is 6.04 Å². The number of esters is 1. The van der Waals surface area contributed by atoms with Crippen LogP contribution in [0, 0.1) is 11.8 Å². The summed E-state index contributed by atoms with van der Waals surface area (Å²) in [5.74, 6) is 1.39. The highest BCUT2D eigenvalue weighted by Crippen LogP contribution is 2.29. The van der Waals surface area contributed by atoms with Crippen LogP contribution in [-0.2, 0) is 14.3 Å². The summed E-state index contributed by atoms with van der Waals surface area (Å²) in [6.45, 7) is 6.19. The summed E-state index contributed by atoms with van der Waals surface area (Å²) in [6.07, 6.45) is 6.05. The van der Waals surface area contributed by atoms with Crippen molar-refractivity contribution in [2.45, 2.75) is 51.6 Å². The van der Waals surface area contributed by atoms with Gasteiger partial charge in [-0.2, -0.15) is 11.8 Å². The van der Waals surface area contributed by atoms with Gasteiger partial charge in [0.25, 0.3) is 0 Å². The Labute approximate surface area is 156 Å². The van der Waals surface area contributed by atoms with E-state index in [2.05, 4.69) is 24.1 Å². The third kappa shape index (κ3) is 8.92. The van der Waals surface area contributed by atoms with Gasteiger partial charge in [0.05, 0.1) is 13.7 Å². The van der Waals surface area contributed by atoms with Crippen molar-refractivity contribution in [1.82, 2.24) is 10.2 Å². The predicted molar refractivity (Wildman–Crippen MR) is 104 cm³/mol. The Morgan fingerprint density at radius 2 is 2.08 bits per heavy atom. The Morgan fingerprint density at radius 3 is 2.60 bits per heavy atom. The van der Waals surface area contributed by atoms with Gasteiger partial charge in [-0.25, -0.2) is 4.79 Å². The molecule has 25 heavy (non-hydrogen) atoms. The first-order valence-electron chi connectivity index (χ1n) is 9.25. The van der Waals surface area contributed by atoms with Gasteiger partial charge in [0.15, 0.2) is 0 Å². The molecule has 0 bridgehead atoms. The number of ether oxygens (including phenoxy) is 1. The van der Waals surface area contributed by atoms with E-state index in [9.17, 15) is 9.59 Å². The molecule has 0 aromatic carbocycles. The normalized spacial score (nSPS) is 17.8. The first kappa shape index (κ1) is 22.3. The van der Waals surface area contributed by atoms with Gasteiger partial charge in [0, 0.05) is 19.1 Å². The number of carbonyl (C=O) groups excluding carboxylic acids is 2. The van der Waals surface area contributed by atoms with Crippen LogP contribution in [0.3, 0.4) is 0 Å². The second-order valence-electron chi connectivity index (χ2n) is 7.11. The average Bonchev–Trinajstić information content (AvgIpc) is 3.40. The van der Waals surface area contributed by atoms with Gasteiger partial charge in [-0.1, -0.05) is 20.3 Å². The highest BCUT2D eigenvalue weighted by Gasteiger charge is 2.28. The Balaban J connectivity index is 2.57. The first-order chi connectivity index (χ1) is 11.9. The summed E-state index contributed by atoms with van der Waals surface area (Å²) in [4.78, 5) is 26.5. The average molecular weight is 374 g/mol. The lowest BCUT2D eigenvalue weighted by molar-refractivity contribution is -0.145. The van der Waals surface area contributed by atoms with Crippen LogP contribution in [0.1, 0.15) is 39.5 Å². The van der Waals surface area contributed by atoms with Gasteiger partial charge in [0.1, 0.15) is 6.04 Å². The van der Waals surface area contributed by atoms with Crippen LogP contribution >= 0.6 is 11.8 Å². The number of amides is 1. The number of nitrogens with one attached hydrogen (secondary N) is 1. The van der Waals surface area contributed by atoms with Crippen LogP contribution in [0.2, 0.25) is 0 Å². The molecule has 1 fully saturated rings. The molecule has 3 N–H and O–H groups in total. The van der Waals surface area contributed by atoms with E-state index in [1.165, 1.54) is 20.0 Å². The van der Waals surface area contributed by atoms with E-state index in [0.29, 0.717) is 24.8 Å². The topological polar surface area (TPSA) is 84.7 Å². The zero-order valence-electron chi connectivity index (χ0n) is 16.1. The Bertz CT molecular complexity index is 418. The summed E-state index contributed by atoms with van der Waals surface area (Å²) >= 11 is 1.64. The van der Waals surface area contributed by atoms with Crippen LogP contribution in [0.15, 0.2) is 0 Å². The fraction of sp³-hybridized carbons (Fsp3) is 0.889. The number of rotatable bonds is 13. The number of methoxy groups -OCH3 is 1. The molecule has 0 aromatic rings. The highest BCUT2D eigenvalue weighted by molar-refractivity contribution is 7.98. The summed E-state index contributed by atoms with van der Waals surface area (Å²) in [5, 5.41) is 2.83. The Morgan fingerprint density at radius 1 is 1.40 bits per heavy atom. The lowest BCUT2D eigenvalue weighted by Crippen LogP contribution is -2.49. The number of nitrogens with zero attached hydrogens (tertiary/aromatic N) is 1. The molecule has 3 unspecified atom stereocenters. The van der Waals surface area contributed by atoms with Crippen molar-refractivity contribution in [3.63, 3.8) is 0 Å². The summed E-state index contributed by atoms with van der Waals surface area (Å²) < 4.78 is 4.80. The molecule has 146 valence electrons. The Hall–Kier alpha value is -0.790. The molecule has 7 heteroatoms. The predicted octanol–water partition coefficient (Wildman–Crippen LogP) is 1.48. The van der Waals surface area contributed by atoms with E-state index in [0.717, 1.165) is 18.7 Å². The number of hydrogen-bond donors (Lipinski definition) is 2. The summed E-state index contributed by atoms with van der Waals surface area (Å²) in [7, 11) is 1.35. The van der Waals surface area contributed by atoms with Crippen molar-refractivity contribution >= 4 is 23.6 Å². The molecule has 0 saturated heterocycles. The van der Waals surface area contributed by atoms with Crippen LogP contribution < -0.4 is 11.1 Å². The molecule has 0 spiro atoms. The van der Waals surface area contributed by atoms with Crippen LogP contribution in [-0.4, -0.2) is 67.6 Å². The molecular weight excluding hydrogens is 338 g/mol. The fourth-order valence-electron chi connectivity index (χ4n) is 2.72. The SMILES string of the molecule is CCC(C)C(N)CN(CC(=O)NC(CCSC)C(=O)OC)CC1CC1. The van der Waals surface area contributed by atoms with Crippen molar-refractivity contribution in [2.24, 2.45) is 17.6 Å². The van der Waals surface area contributed by atoms with E-state index in [1.54, 1.807) is 11.8 Å². The minimum Gasteiger partial charge on any atom is -0.467 e. The summed E-state index contributed by atoms with van der Waals surface area (Å²) in [5.41, 5.74) is 6.29. The van der Waals surface area contributed by atoms with E-state index in [-0.39, 0.29) is 24.5 Å². The van der Waals surface area contributed by atoms with Gasteiger partial charge in [-0.15, -0.1) is 0 Å². The van der Waals surface area contributed by atoms with Gasteiger partial charge in [-0.05, 0) is 43.1 Å². The largest absolute Gasteiger partial charge is 0.467 e. The molecule has 0 heterocycles. The van der Waals surface area contributed by atoms with Crippen molar-refractivity contribution in [3.05, 3.63) is 0 Å². The molecule has 1 rings (SSSR count). The highest BCUT2D eigenvalue weighted by atomic mass is 32.2. The molecule has 1 aliphatic rings. The van der Waals surface area contributed by atoms with Gasteiger partial charge < -0.3 is 15.8 Å². The van der Waals surface area contributed by atoms with Gasteiger partial charge in [-0.3, -0.25) is 9.69 Å². The van der Waals surface area contributed by atoms with Crippen molar-refractivity contribution in [3.8, 4) is 0 Å². The van der Waals surface area contributed by atoms with Gasteiger partial charge >= 0.3 is 5.97 Å². The third-order valence-electron chi connectivity index (χ3n) is 4.86. The quantitative estimate of drug-likeness (QED) is 0.476. The molecular formula is C18H35N3O3S. The number of nitrogens with two attached hydrogens (primary N) is 1. The molecule has 1 amide bonds. The monoisotopic (exact) mass is 373 g/mol. The van der Waals surface area contributed by atoms with E-state index in [4.69, 9.17) is 10.5 Å². The van der Waals surface area contributed by atoms with Gasteiger partial charge in [0.2, 0.25) is 5.91 Å². The van der Waals surface area contributed by atoms with Crippen LogP contribution in [0.5, 0.6) is 0 Å². The third-order valence-corrected chi connectivity index (χ3v) is 5.50. The second-order valence-corrected chi connectivity index (χ2v) is 8.10. The standard InChI is InChI=1S/C18H35N3O3S/c1-5-13(2)15(19)11-21(10-14-6-7-14)12-17(22)20-16(8-9-25-4)18(23)24-3/h13-16H,5-12,19H2,1-4H3,(H,20,22). The zero-order chi connectivity index (χ0) is 18.8. The number of carbonyl (C=O) groups is 2. The summed E-state index contributed by atoms with van der Waals surface area (Å²) in [6, 6.07) is -0.514. The molecule has 6 nitrogen and oxygen atoms in total. The van der Waals surface area contributed by atoms with Crippen molar-refractivity contribution in [2.75, 3.05) is 38.8 Å². The zero-order valence-corrected chi connectivity index (χ0v) is 16.9. The van der Waals surface area contributed by atoms with E-state index in [1.807, 2.05) is 6.26 Å². The minimum atomic E-state index is -0.573. The van der Waals surface area contributed by atoms with Crippen LogP contribution in [0.25, 0.3) is 0 Å². The van der Waals surface area contributed by atoms with Crippen molar-refractivity contribution in [1.29, 1.82) is 0 Å². The molecule has 3 atom stereocenters. The smallest absolute Gasteiger partial charge is 0.328 e. The maximum atomic E-state index is 12.5. The maximum absolute atomic E-state index is 12.5. The fourth-order valence-corrected chi connectivity index (χ4v) is 3.19. The maximum Gasteiger partial charge on any atom is 0.328 e. The lowest BCUT2D eigenvalue weighted by Gasteiger charge is -2.28.